The van der Waals surface area contributed by atoms with Gasteiger partial charge in [0.25, 0.3) is 0 Å². The van der Waals surface area contributed by atoms with E-state index in [1.54, 1.807) is 0 Å². The highest BCUT2D eigenvalue weighted by Gasteiger charge is 2.11. The Morgan fingerprint density at radius 2 is 2.12 bits per heavy atom. The molecule has 0 atom stereocenters. The SMILES string of the molecule is CCCOCCOc1cc(F)ccc1C(=O)O. The average molecular weight is 242 g/mol. The zero-order valence-electron chi connectivity index (χ0n) is 9.61. The Labute approximate surface area is 99.0 Å². The predicted molar refractivity (Wildman–Crippen MR) is 60.0 cm³/mol. The third-order valence-corrected chi connectivity index (χ3v) is 2.01. The fourth-order valence-electron chi connectivity index (χ4n) is 1.25. The van der Waals surface area contributed by atoms with Gasteiger partial charge in [-0.25, -0.2) is 9.18 Å². The van der Waals surface area contributed by atoms with Crippen molar-refractivity contribution in [2.75, 3.05) is 19.8 Å². The molecule has 1 rings (SSSR count). The molecule has 0 spiro atoms. The van der Waals surface area contributed by atoms with Crippen molar-refractivity contribution < 1.29 is 23.8 Å². The van der Waals surface area contributed by atoms with Gasteiger partial charge in [0, 0.05) is 12.7 Å². The molecule has 1 aromatic carbocycles. The van der Waals surface area contributed by atoms with Crippen LogP contribution in [0.2, 0.25) is 0 Å². The first-order valence-electron chi connectivity index (χ1n) is 5.38. The van der Waals surface area contributed by atoms with Crippen LogP contribution in [-0.4, -0.2) is 30.9 Å². The largest absolute Gasteiger partial charge is 0.490 e. The Hall–Kier alpha value is -1.62. The second kappa shape index (κ2) is 6.85. The number of carboxylic acid groups (broad SMARTS) is 1. The fourth-order valence-corrected chi connectivity index (χ4v) is 1.25. The molecule has 0 fully saturated rings. The first-order chi connectivity index (χ1) is 8.15. The van der Waals surface area contributed by atoms with Crippen LogP contribution in [0.3, 0.4) is 0 Å². The molecule has 0 aromatic heterocycles. The minimum absolute atomic E-state index is 0.0256. The summed E-state index contributed by atoms with van der Waals surface area (Å²) in [5.74, 6) is -1.65. The van der Waals surface area contributed by atoms with Gasteiger partial charge in [-0.15, -0.1) is 0 Å². The molecule has 0 aliphatic carbocycles. The number of hydrogen-bond acceptors (Lipinski definition) is 3. The Morgan fingerprint density at radius 3 is 2.76 bits per heavy atom. The minimum atomic E-state index is -1.14. The van der Waals surface area contributed by atoms with Gasteiger partial charge in [0.15, 0.2) is 0 Å². The molecule has 1 N–H and O–H groups in total. The van der Waals surface area contributed by atoms with E-state index in [2.05, 4.69) is 0 Å². The molecule has 1 aromatic rings. The van der Waals surface area contributed by atoms with E-state index < -0.39 is 11.8 Å². The van der Waals surface area contributed by atoms with Crippen molar-refractivity contribution in [3.05, 3.63) is 29.6 Å². The van der Waals surface area contributed by atoms with Crippen molar-refractivity contribution in [2.24, 2.45) is 0 Å². The third-order valence-electron chi connectivity index (χ3n) is 2.01. The highest BCUT2D eigenvalue weighted by atomic mass is 19.1. The van der Waals surface area contributed by atoms with Crippen molar-refractivity contribution in [1.82, 2.24) is 0 Å². The Morgan fingerprint density at radius 1 is 1.35 bits per heavy atom. The summed E-state index contributed by atoms with van der Waals surface area (Å²) >= 11 is 0. The van der Waals surface area contributed by atoms with Gasteiger partial charge in [0.1, 0.15) is 23.7 Å². The van der Waals surface area contributed by atoms with Crippen molar-refractivity contribution in [1.29, 1.82) is 0 Å². The molecule has 0 saturated carbocycles. The van der Waals surface area contributed by atoms with E-state index in [0.717, 1.165) is 18.6 Å². The molecule has 4 nitrogen and oxygen atoms in total. The van der Waals surface area contributed by atoms with E-state index in [1.807, 2.05) is 6.92 Å². The molecule has 17 heavy (non-hydrogen) atoms. The number of halogens is 1. The van der Waals surface area contributed by atoms with Crippen LogP contribution in [0.15, 0.2) is 18.2 Å². The summed E-state index contributed by atoms with van der Waals surface area (Å²) in [6.45, 7) is 3.15. The van der Waals surface area contributed by atoms with E-state index in [0.29, 0.717) is 13.2 Å². The summed E-state index contributed by atoms with van der Waals surface area (Å²) in [5, 5.41) is 8.86. The lowest BCUT2D eigenvalue weighted by atomic mass is 10.2. The van der Waals surface area contributed by atoms with Gasteiger partial charge in [-0.3, -0.25) is 0 Å². The number of rotatable bonds is 7. The topological polar surface area (TPSA) is 55.8 Å². The van der Waals surface area contributed by atoms with Crippen LogP contribution in [-0.2, 0) is 4.74 Å². The van der Waals surface area contributed by atoms with E-state index >= 15 is 0 Å². The second-order valence-corrected chi connectivity index (χ2v) is 3.41. The molecule has 0 radical (unpaired) electrons. The summed E-state index contributed by atoms with van der Waals surface area (Å²) in [6, 6.07) is 3.33. The van der Waals surface area contributed by atoms with Crippen LogP contribution in [0.4, 0.5) is 4.39 Å². The van der Waals surface area contributed by atoms with E-state index in [-0.39, 0.29) is 17.9 Å². The smallest absolute Gasteiger partial charge is 0.339 e. The van der Waals surface area contributed by atoms with Gasteiger partial charge in [-0.2, -0.15) is 0 Å². The van der Waals surface area contributed by atoms with Crippen LogP contribution >= 0.6 is 0 Å². The molecule has 94 valence electrons. The summed E-state index contributed by atoms with van der Waals surface area (Å²) in [6.07, 6.45) is 0.903. The lowest BCUT2D eigenvalue weighted by Gasteiger charge is -2.09. The van der Waals surface area contributed by atoms with Crippen LogP contribution in [0.5, 0.6) is 5.75 Å². The Bertz CT molecular complexity index is 379. The van der Waals surface area contributed by atoms with Crippen LogP contribution in [0, 0.1) is 5.82 Å². The van der Waals surface area contributed by atoms with Gasteiger partial charge >= 0.3 is 5.97 Å². The molecule has 0 saturated heterocycles. The average Bonchev–Trinajstić information content (AvgIpc) is 2.28. The zero-order valence-corrected chi connectivity index (χ0v) is 9.61. The number of carboxylic acids is 1. The minimum Gasteiger partial charge on any atom is -0.490 e. The summed E-state index contributed by atoms with van der Waals surface area (Å²) in [5.41, 5.74) is -0.0538. The molecule has 0 heterocycles. The van der Waals surface area contributed by atoms with Gasteiger partial charge in [-0.1, -0.05) is 6.92 Å². The number of carbonyl (C=O) groups is 1. The van der Waals surface area contributed by atoms with Gasteiger partial charge in [0.2, 0.25) is 0 Å². The van der Waals surface area contributed by atoms with E-state index in [4.69, 9.17) is 14.6 Å². The van der Waals surface area contributed by atoms with Crippen LogP contribution < -0.4 is 4.74 Å². The van der Waals surface area contributed by atoms with Crippen molar-refractivity contribution >= 4 is 5.97 Å². The van der Waals surface area contributed by atoms with E-state index in [1.165, 1.54) is 6.07 Å². The maximum atomic E-state index is 12.9. The first kappa shape index (κ1) is 13.4. The molecular formula is C12H15FO4. The lowest BCUT2D eigenvalue weighted by molar-refractivity contribution is 0.0685. The normalized spacial score (nSPS) is 10.2. The van der Waals surface area contributed by atoms with Crippen molar-refractivity contribution in [3.63, 3.8) is 0 Å². The Kier molecular flexibility index (Phi) is 5.42. The highest BCUT2D eigenvalue weighted by Crippen LogP contribution is 2.19. The summed E-state index contributed by atoms with van der Waals surface area (Å²) < 4.78 is 23.3. The zero-order chi connectivity index (χ0) is 12.7. The highest BCUT2D eigenvalue weighted by molar-refractivity contribution is 5.90. The summed E-state index contributed by atoms with van der Waals surface area (Å²) in [7, 11) is 0. The first-order valence-corrected chi connectivity index (χ1v) is 5.38. The maximum absolute atomic E-state index is 12.9. The van der Waals surface area contributed by atoms with Crippen LogP contribution in [0.25, 0.3) is 0 Å². The summed E-state index contributed by atoms with van der Waals surface area (Å²) in [4.78, 5) is 10.8. The van der Waals surface area contributed by atoms with Crippen molar-refractivity contribution in [3.8, 4) is 5.75 Å². The van der Waals surface area contributed by atoms with E-state index in [9.17, 15) is 9.18 Å². The molecule has 0 aliphatic heterocycles. The number of aromatic carboxylic acids is 1. The van der Waals surface area contributed by atoms with Crippen molar-refractivity contribution in [2.45, 2.75) is 13.3 Å². The fraction of sp³-hybridized carbons (Fsp3) is 0.417. The predicted octanol–water partition coefficient (Wildman–Crippen LogP) is 2.33. The quantitative estimate of drug-likeness (QED) is 0.745. The molecule has 0 aliphatic rings. The Balaban J connectivity index is 2.56. The standard InChI is InChI=1S/C12H15FO4/c1-2-5-16-6-7-17-11-8-9(13)3-4-10(11)12(14)15/h3-4,8H,2,5-7H2,1H3,(H,14,15). The maximum Gasteiger partial charge on any atom is 0.339 e. The molecule has 0 amide bonds. The number of ether oxygens (including phenoxy) is 2. The molecular weight excluding hydrogens is 227 g/mol. The van der Waals surface area contributed by atoms with Gasteiger partial charge in [-0.05, 0) is 18.6 Å². The number of hydrogen-bond donors (Lipinski definition) is 1. The second-order valence-electron chi connectivity index (χ2n) is 3.41. The molecule has 0 unspecified atom stereocenters. The van der Waals surface area contributed by atoms with Gasteiger partial charge < -0.3 is 14.6 Å². The molecule has 0 bridgehead atoms. The molecule has 5 heteroatoms. The van der Waals surface area contributed by atoms with Crippen LogP contribution in [0.1, 0.15) is 23.7 Å². The lowest BCUT2D eigenvalue weighted by Crippen LogP contribution is -2.10. The number of benzene rings is 1. The van der Waals surface area contributed by atoms with Gasteiger partial charge in [0.05, 0.1) is 6.61 Å². The monoisotopic (exact) mass is 242 g/mol. The third kappa shape index (κ3) is 4.40.